The highest BCUT2D eigenvalue weighted by Crippen LogP contribution is 2.29. The molecule has 0 aliphatic carbocycles. The Morgan fingerprint density at radius 2 is 1.30 bits per heavy atom. The molecule has 1 amide bonds. The summed E-state index contributed by atoms with van der Waals surface area (Å²) in [5, 5.41) is 22.3. The molecule has 4 rings (SSSR count). The van der Waals surface area contributed by atoms with Gasteiger partial charge in [-0.25, -0.2) is 24.7 Å². The molecule has 13 nitrogen and oxygen atoms in total. The zero-order valence-electron chi connectivity index (χ0n) is 33.9. The van der Waals surface area contributed by atoms with Crippen molar-refractivity contribution in [3.05, 3.63) is 77.5 Å². The Kier molecular flexibility index (Phi) is 16.0. The Bertz CT molecular complexity index is 2020. The minimum Gasteiger partial charge on any atom is -0.490 e. The van der Waals surface area contributed by atoms with E-state index in [0.29, 0.717) is 69.9 Å². The number of carbonyl (C=O) groups excluding carboxylic acids is 1. The number of methoxy groups -OCH3 is 1. The maximum atomic E-state index is 12.4. The molecule has 0 aliphatic heterocycles. The number of amides is 1. The van der Waals surface area contributed by atoms with E-state index in [2.05, 4.69) is 65.1 Å². The molecule has 0 unspecified atom stereocenters. The Morgan fingerprint density at radius 1 is 0.786 bits per heavy atom. The summed E-state index contributed by atoms with van der Waals surface area (Å²) >= 11 is 5.94. The van der Waals surface area contributed by atoms with Gasteiger partial charge in [-0.05, 0) is 95.7 Å². The summed E-state index contributed by atoms with van der Waals surface area (Å²) in [6, 6.07) is 18.3. The van der Waals surface area contributed by atoms with Crippen LogP contribution >= 0.6 is 11.6 Å². The minimum absolute atomic E-state index is 0.178. The van der Waals surface area contributed by atoms with Crippen molar-refractivity contribution in [3.63, 3.8) is 0 Å². The molecule has 2 atom stereocenters. The van der Waals surface area contributed by atoms with Gasteiger partial charge in [0.15, 0.2) is 0 Å². The van der Waals surface area contributed by atoms with Crippen molar-refractivity contribution >= 4 is 17.7 Å². The van der Waals surface area contributed by atoms with Gasteiger partial charge in [0.05, 0.1) is 35.2 Å². The summed E-state index contributed by atoms with van der Waals surface area (Å²) in [6.45, 7) is 18.2. The van der Waals surface area contributed by atoms with Gasteiger partial charge in [-0.2, -0.15) is 10.5 Å². The van der Waals surface area contributed by atoms with E-state index >= 15 is 0 Å². The van der Waals surface area contributed by atoms with Crippen LogP contribution in [0, 0.1) is 34.5 Å². The van der Waals surface area contributed by atoms with E-state index in [9.17, 15) is 15.3 Å². The molecule has 0 saturated carbocycles. The van der Waals surface area contributed by atoms with E-state index < -0.39 is 22.8 Å². The highest BCUT2D eigenvalue weighted by atomic mass is 35.5. The number of nitrogens with one attached hydrogen (secondary N) is 1. The summed E-state index contributed by atoms with van der Waals surface area (Å²) < 4.78 is 22.3. The number of nitrogens with two attached hydrogens (primary N) is 1. The Balaban J connectivity index is 0.000000307. The number of ether oxygens (including phenoxy) is 4. The predicted octanol–water partition coefficient (Wildman–Crippen LogP) is 8.54. The molecule has 0 saturated heterocycles. The standard InChI is InChI=1S/C23H29ClN4O3.C19H24N4O2/c1-15(2)11-23(6,28-21(29)31-22(3,4)5)13-30-19-8-7-16(9-17(19)12-25)18-10-20(24)27-14-26-18;1-13(2)9-19(3,21)11-25-17-6-5-14(7-15(17)10-20)16-8-18(24-4)23-12-22-16/h7-10,14-15H,11,13H2,1-6H3,(H,28,29);5-8,12-13H,9,11,21H2,1-4H3/t23-;19-/m00/s1. The number of carbonyl (C=O) groups is 1. The van der Waals surface area contributed by atoms with Crippen LogP contribution < -0.4 is 25.3 Å². The normalized spacial score (nSPS) is 13.2. The number of alkyl carbamates (subject to hydrolysis) is 1. The van der Waals surface area contributed by atoms with Crippen LogP contribution in [-0.4, -0.2) is 63.0 Å². The molecule has 3 N–H and O–H groups in total. The maximum Gasteiger partial charge on any atom is 0.408 e. The third kappa shape index (κ3) is 14.6. The Hall–Kier alpha value is -5.50. The minimum atomic E-state index is -0.678. The maximum absolute atomic E-state index is 12.4. The van der Waals surface area contributed by atoms with Crippen molar-refractivity contribution in [1.29, 1.82) is 10.5 Å². The SMILES string of the molecule is CC(C)C[C@@](C)(COc1ccc(-c2cc(Cl)ncn2)cc1C#N)NC(=O)OC(C)(C)C.COc1cc(-c2ccc(OC[C@@](C)(N)CC(C)C)c(C#N)c2)ncn1. The van der Waals surface area contributed by atoms with Crippen LogP contribution in [0.2, 0.25) is 5.15 Å². The van der Waals surface area contributed by atoms with E-state index in [1.165, 1.54) is 12.7 Å². The number of nitrogens with zero attached hydrogens (tertiary/aromatic N) is 6. The summed E-state index contributed by atoms with van der Waals surface area (Å²) in [7, 11) is 1.55. The van der Waals surface area contributed by atoms with Gasteiger partial charge in [-0.3, -0.25) is 0 Å². The first-order valence-electron chi connectivity index (χ1n) is 18.2. The average molecular weight is 785 g/mol. The molecule has 2 heterocycles. The van der Waals surface area contributed by atoms with Gasteiger partial charge in [0, 0.05) is 28.8 Å². The van der Waals surface area contributed by atoms with Gasteiger partial charge < -0.3 is 30.0 Å². The predicted molar refractivity (Wildman–Crippen MR) is 216 cm³/mol. The summed E-state index contributed by atoms with van der Waals surface area (Å²) in [6.07, 6.45) is 3.81. The summed E-state index contributed by atoms with van der Waals surface area (Å²) in [4.78, 5) is 28.6. The largest absolute Gasteiger partial charge is 0.490 e. The van der Waals surface area contributed by atoms with Crippen LogP contribution in [0.4, 0.5) is 4.79 Å². The molecule has 2 aromatic heterocycles. The fourth-order valence-corrected chi connectivity index (χ4v) is 6.12. The van der Waals surface area contributed by atoms with Crippen LogP contribution in [0.5, 0.6) is 17.4 Å². The molecule has 0 fully saturated rings. The molecule has 298 valence electrons. The van der Waals surface area contributed by atoms with Gasteiger partial charge in [0.2, 0.25) is 5.88 Å². The monoisotopic (exact) mass is 784 g/mol. The molecule has 0 radical (unpaired) electrons. The van der Waals surface area contributed by atoms with Crippen molar-refractivity contribution in [2.75, 3.05) is 20.3 Å². The second-order valence-corrected chi connectivity index (χ2v) is 16.3. The van der Waals surface area contributed by atoms with Crippen molar-refractivity contribution in [1.82, 2.24) is 25.3 Å². The number of halogens is 1. The molecule has 2 aromatic carbocycles. The number of aromatic nitrogens is 4. The number of nitriles is 2. The first-order chi connectivity index (χ1) is 26.2. The van der Waals surface area contributed by atoms with E-state index in [4.69, 9.17) is 36.3 Å². The molecule has 4 aromatic rings. The van der Waals surface area contributed by atoms with Gasteiger partial charge in [0.1, 0.15) is 60.3 Å². The summed E-state index contributed by atoms with van der Waals surface area (Å²) in [5.74, 6) is 2.20. The lowest BCUT2D eigenvalue weighted by molar-refractivity contribution is 0.0408. The molecule has 56 heavy (non-hydrogen) atoms. The average Bonchev–Trinajstić information content (AvgIpc) is 3.11. The van der Waals surface area contributed by atoms with E-state index in [-0.39, 0.29) is 6.61 Å². The van der Waals surface area contributed by atoms with Crippen LogP contribution in [-0.2, 0) is 4.74 Å². The lowest BCUT2D eigenvalue weighted by Crippen LogP contribution is -2.52. The fourth-order valence-electron chi connectivity index (χ4n) is 5.97. The first-order valence-corrected chi connectivity index (χ1v) is 18.6. The third-order valence-corrected chi connectivity index (χ3v) is 8.12. The quantitative estimate of drug-likeness (QED) is 0.116. The highest BCUT2D eigenvalue weighted by molar-refractivity contribution is 6.29. The molecular formula is C42H53ClN8O5. The van der Waals surface area contributed by atoms with Gasteiger partial charge in [0.25, 0.3) is 0 Å². The number of rotatable bonds is 14. The van der Waals surface area contributed by atoms with Crippen LogP contribution in [0.25, 0.3) is 22.5 Å². The van der Waals surface area contributed by atoms with E-state index in [1.807, 2.05) is 40.7 Å². The Morgan fingerprint density at radius 3 is 1.79 bits per heavy atom. The van der Waals surface area contributed by atoms with Gasteiger partial charge >= 0.3 is 6.09 Å². The van der Waals surface area contributed by atoms with Crippen LogP contribution in [0.1, 0.15) is 86.3 Å². The van der Waals surface area contributed by atoms with E-state index in [1.54, 1.807) is 49.6 Å². The Labute approximate surface area is 335 Å². The topological polar surface area (TPSA) is 191 Å². The fraction of sp³-hybridized carbons (Fsp3) is 0.452. The summed E-state index contributed by atoms with van der Waals surface area (Å²) in [5.41, 5.74) is 8.16. The lowest BCUT2D eigenvalue weighted by atomic mass is 9.91. The van der Waals surface area contributed by atoms with Gasteiger partial charge in [-0.15, -0.1) is 0 Å². The zero-order chi connectivity index (χ0) is 41.7. The number of benzene rings is 2. The molecule has 0 bridgehead atoms. The first kappa shape index (κ1) is 44.9. The van der Waals surface area contributed by atoms with Gasteiger partial charge in [-0.1, -0.05) is 39.3 Å². The van der Waals surface area contributed by atoms with Crippen molar-refractivity contribution in [2.45, 2.75) is 91.8 Å². The third-order valence-electron chi connectivity index (χ3n) is 7.92. The van der Waals surface area contributed by atoms with Crippen LogP contribution in [0.15, 0.2) is 61.2 Å². The van der Waals surface area contributed by atoms with Crippen molar-refractivity contribution in [2.24, 2.45) is 17.6 Å². The second-order valence-electron chi connectivity index (χ2n) is 15.9. The zero-order valence-corrected chi connectivity index (χ0v) is 34.7. The number of hydrogen-bond acceptors (Lipinski definition) is 12. The molecular weight excluding hydrogens is 732 g/mol. The molecule has 14 heteroatoms. The van der Waals surface area contributed by atoms with E-state index in [0.717, 1.165) is 17.5 Å². The lowest BCUT2D eigenvalue weighted by Gasteiger charge is -2.33. The molecule has 0 spiro atoms. The van der Waals surface area contributed by atoms with Crippen molar-refractivity contribution in [3.8, 4) is 52.0 Å². The molecule has 0 aliphatic rings. The number of hydrogen-bond donors (Lipinski definition) is 2. The van der Waals surface area contributed by atoms with Crippen LogP contribution in [0.3, 0.4) is 0 Å². The van der Waals surface area contributed by atoms with Crippen molar-refractivity contribution < 1.29 is 23.7 Å². The smallest absolute Gasteiger partial charge is 0.408 e. The second kappa shape index (κ2) is 19.9. The highest BCUT2D eigenvalue weighted by Gasteiger charge is 2.31.